The molecule has 0 aliphatic heterocycles. The minimum absolute atomic E-state index is 0.0455. The summed E-state index contributed by atoms with van der Waals surface area (Å²) in [5.74, 6) is -0.721. The van der Waals surface area contributed by atoms with Crippen LogP contribution in [0.4, 0.5) is 0 Å². The molecule has 110 valence electrons. The van der Waals surface area contributed by atoms with E-state index in [-0.39, 0.29) is 12.5 Å². The normalized spacial score (nSPS) is 13.4. The molecule has 0 aliphatic carbocycles. The van der Waals surface area contributed by atoms with E-state index in [1.54, 1.807) is 6.92 Å². The largest absolute Gasteiger partial charge is 0.462 e. The first-order valence-corrected chi connectivity index (χ1v) is 6.33. The maximum atomic E-state index is 11.5. The van der Waals surface area contributed by atoms with E-state index in [9.17, 15) is 19.8 Å². The SMILES string of the molecule is CCOC(=O)c1ccc(C(O)C(O)CNC(C)=O)cc1. The lowest BCUT2D eigenvalue weighted by molar-refractivity contribution is -0.119. The Balaban J connectivity index is 2.67. The van der Waals surface area contributed by atoms with Gasteiger partial charge in [0.05, 0.1) is 12.2 Å². The van der Waals surface area contributed by atoms with Crippen LogP contribution in [0.1, 0.15) is 35.9 Å². The smallest absolute Gasteiger partial charge is 0.338 e. The Morgan fingerprint density at radius 1 is 1.25 bits per heavy atom. The first-order chi connectivity index (χ1) is 9.45. The summed E-state index contributed by atoms with van der Waals surface area (Å²) < 4.78 is 4.84. The molecule has 0 spiro atoms. The van der Waals surface area contributed by atoms with Gasteiger partial charge in [-0.05, 0) is 24.6 Å². The molecule has 20 heavy (non-hydrogen) atoms. The number of nitrogens with one attached hydrogen (secondary N) is 1. The van der Waals surface area contributed by atoms with E-state index in [1.165, 1.54) is 31.2 Å². The lowest BCUT2D eigenvalue weighted by Gasteiger charge is -2.18. The number of aliphatic hydroxyl groups is 2. The number of hydrogen-bond donors (Lipinski definition) is 3. The summed E-state index contributed by atoms with van der Waals surface area (Å²) in [7, 11) is 0. The molecule has 1 aromatic carbocycles. The molecule has 0 heterocycles. The molecule has 0 bridgehead atoms. The summed E-state index contributed by atoms with van der Waals surface area (Å²) in [6, 6.07) is 6.10. The molecule has 3 N–H and O–H groups in total. The van der Waals surface area contributed by atoms with E-state index in [0.29, 0.717) is 17.7 Å². The zero-order valence-electron chi connectivity index (χ0n) is 11.5. The van der Waals surface area contributed by atoms with Crippen LogP contribution in [0, 0.1) is 0 Å². The van der Waals surface area contributed by atoms with Gasteiger partial charge < -0.3 is 20.3 Å². The van der Waals surface area contributed by atoms with E-state index < -0.39 is 18.2 Å². The summed E-state index contributed by atoms with van der Waals surface area (Å²) in [5, 5.41) is 22.1. The van der Waals surface area contributed by atoms with Crippen LogP contribution in [-0.4, -0.2) is 41.3 Å². The maximum absolute atomic E-state index is 11.5. The highest BCUT2D eigenvalue weighted by atomic mass is 16.5. The van der Waals surface area contributed by atoms with Crippen molar-refractivity contribution in [2.24, 2.45) is 0 Å². The number of aliphatic hydroxyl groups excluding tert-OH is 2. The Morgan fingerprint density at radius 2 is 1.85 bits per heavy atom. The number of carbonyl (C=O) groups is 2. The summed E-state index contributed by atoms with van der Waals surface area (Å²) in [6.45, 7) is 3.29. The highest BCUT2D eigenvalue weighted by molar-refractivity contribution is 5.89. The highest BCUT2D eigenvalue weighted by Gasteiger charge is 2.19. The summed E-state index contributed by atoms with van der Waals surface area (Å²) in [4.78, 5) is 22.2. The molecule has 2 unspecified atom stereocenters. The summed E-state index contributed by atoms with van der Waals surface area (Å²) >= 11 is 0. The van der Waals surface area contributed by atoms with Gasteiger partial charge in [-0.2, -0.15) is 0 Å². The van der Waals surface area contributed by atoms with Crippen molar-refractivity contribution in [3.63, 3.8) is 0 Å². The summed E-state index contributed by atoms with van der Waals surface area (Å²) in [5.41, 5.74) is 0.829. The fraction of sp³-hybridized carbons (Fsp3) is 0.429. The van der Waals surface area contributed by atoms with Crippen LogP contribution in [-0.2, 0) is 9.53 Å². The van der Waals surface area contributed by atoms with Gasteiger partial charge in [-0.3, -0.25) is 4.79 Å². The quantitative estimate of drug-likeness (QED) is 0.656. The second kappa shape index (κ2) is 7.62. The fourth-order valence-corrected chi connectivity index (χ4v) is 1.61. The van der Waals surface area contributed by atoms with Crippen LogP contribution < -0.4 is 5.32 Å². The Kier molecular flexibility index (Phi) is 6.14. The molecule has 0 aliphatic rings. The Hall–Kier alpha value is -1.92. The molecular formula is C14H19NO5. The van der Waals surface area contributed by atoms with E-state index in [2.05, 4.69) is 5.32 Å². The number of benzene rings is 1. The topological polar surface area (TPSA) is 95.9 Å². The third kappa shape index (κ3) is 4.64. The number of esters is 1. The van der Waals surface area contributed by atoms with Crippen molar-refractivity contribution in [3.05, 3.63) is 35.4 Å². The maximum Gasteiger partial charge on any atom is 0.338 e. The van der Waals surface area contributed by atoms with E-state index >= 15 is 0 Å². The van der Waals surface area contributed by atoms with Crippen LogP contribution in [0.15, 0.2) is 24.3 Å². The van der Waals surface area contributed by atoms with Crippen molar-refractivity contribution in [2.75, 3.05) is 13.2 Å². The number of rotatable bonds is 6. The standard InChI is InChI=1S/C14H19NO5/c1-3-20-14(19)11-6-4-10(5-7-11)13(18)12(17)8-15-9(2)16/h4-7,12-13,17-18H,3,8H2,1-2H3,(H,15,16). The van der Waals surface area contributed by atoms with Gasteiger partial charge in [-0.25, -0.2) is 4.79 Å². The molecule has 0 aromatic heterocycles. The van der Waals surface area contributed by atoms with Crippen LogP contribution in [0.5, 0.6) is 0 Å². The Labute approximate surface area is 117 Å². The third-order valence-corrected chi connectivity index (χ3v) is 2.69. The number of carbonyl (C=O) groups excluding carboxylic acids is 2. The average molecular weight is 281 g/mol. The lowest BCUT2D eigenvalue weighted by Crippen LogP contribution is -2.34. The zero-order valence-corrected chi connectivity index (χ0v) is 11.5. The van der Waals surface area contributed by atoms with Crippen molar-refractivity contribution in [2.45, 2.75) is 26.1 Å². The second-order valence-electron chi connectivity index (χ2n) is 4.29. The van der Waals surface area contributed by atoms with Gasteiger partial charge in [-0.15, -0.1) is 0 Å². The van der Waals surface area contributed by atoms with Crippen LogP contribution in [0.2, 0.25) is 0 Å². The van der Waals surface area contributed by atoms with Crippen molar-refractivity contribution >= 4 is 11.9 Å². The average Bonchev–Trinajstić information content (AvgIpc) is 2.44. The molecule has 1 amide bonds. The first kappa shape index (κ1) is 16.1. The Morgan fingerprint density at radius 3 is 2.35 bits per heavy atom. The van der Waals surface area contributed by atoms with E-state index in [1.807, 2.05) is 0 Å². The minimum Gasteiger partial charge on any atom is -0.462 e. The molecule has 1 aromatic rings. The van der Waals surface area contributed by atoms with E-state index in [4.69, 9.17) is 4.74 Å². The van der Waals surface area contributed by atoms with Crippen molar-refractivity contribution in [1.29, 1.82) is 0 Å². The van der Waals surface area contributed by atoms with Crippen molar-refractivity contribution in [1.82, 2.24) is 5.32 Å². The van der Waals surface area contributed by atoms with Crippen LogP contribution in [0.3, 0.4) is 0 Å². The molecule has 6 heteroatoms. The van der Waals surface area contributed by atoms with Gasteiger partial charge in [0.1, 0.15) is 12.2 Å². The third-order valence-electron chi connectivity index (χ3n) is 2.69. The molecule has 0 saturated heterocycles. The van der Waals surface area contributed by atoms with Gasteiger partial charge in [0, 0.05) is 13.5 Å². The van der Waals surface area contributed by atoms with E-state index in [0.717, 1.165) is 0 Å². The molecular weight excluding hydrogens is 262 g/mol. The minimum atomic E-state index is -1.14. The first-order valence-electron chi connectivity index (χ1n) is 6.33. The van der Waals surface area contributed by atoms with Gasteiger partial charge in [0.2, 0.25) is 5.91 Å². The van der Waals surface area contributed by atoms with Crippen molar-refractivity contribution < 1.29 is 24.5 Å². The Bertz CT molecular complexity index is 457. The second-order valence-corrected chi connectivity index (χ2v) is 4.29. The van der Waals surface area contributed by atoms with Crippen LogP contribution in [0.25, 0.3) is 0 Å². The fourth-order valence-electron chi connectivity index (χ4n) is 1.61. The van der Waals surface area contributed by atoms with Gasteiger partial charge in [0.15, 0.2) is 0 Å². The molecule has 6 nitrogen and oxygen atoms in total. The van der Waals surface area contributed by atoms with Gasteiger partial charge >= 0.3 is 5.97 Å². The molecule has 1 rings (SSSR count). The number of amides is 1. The number of hydrogen-bond acceptors (Lipinski definition) is 5. The molecule has 0 radical (unpaired) electrons. The number of ether oxygens (including phenoxy) is 1. The molecule has 0 saturated carbocycles. The lowest BCUT2D eigenvalue weighted by atomic mass is 10.0. The van der Waals surface area contributed by atoms with Gasteiger partial charge in [-0.1, -0.05) is 12.1 Å². The molecule has 0 fully saturated rings. The monoisotopic (exact) mass is 281 g/mol. The zero-order chi connectivity index (χ0) is 15.1. The van der Waals surface area contributed by atoms with Crippen LogP contribution >= 0.6 is 0 Å². The predicted molar refractivity (Wildman–Crippen MR) is 72.0 cm³/mol. The van der Waals surface area contributed by atoms with Gasteiger partial charge in [0.25, 0.3) is 0 Å². The highest BCUT2D eigenvalue weighted by Crippen LogP contribution is 2.17. The summed E-state index contributed by atoms with van der Waals surface area (Å²) in [6.07, 6.45) is -2.26. The van der Waals surface area contributed by atoms with Crippen molar-refractivity contribution in [3.8, 4) is 0 Å². The molecule has 2 atom stereocenters. The predicted octanol–water partition coefficient (Wildman–Crippen LogP) is 0.394.